The van der Waals surface area contributed by atoms with Crippen LogP contribution in [0.1, 0.15) is 48.9 Å². The second kappa shape index (κ2) is 9.96. The fraction of sp³-hybridized carbons (Fsp3) is 1.00. The second-order valence-corrected chi connectivity index (χ2v) is 2.62. The zero-order valence-electron chi connectivity index (χ0n) is 7.61. The lowest BCUT2D eigenvalue weighted by atomic mass is 9.97. The second-order valence-electron chi connectivity index (χ2n) is 2.62. The highest BCUT2D eigenvalue weighted by atomic mass is 14.9. The Hall–Kier alpha value is -0.0400. The van der Waals surface area contributed by atoms with Crippen molar-refractivity contribution in [1.29, 1.82) is 0 Å². The number of rotatable bonds is 1. The highest BCUT2D eigenvalue weighted by Crippen LogP contribution is 2.12. The molecule has 0 bridgehead atoms. The zero-order valence-corrected chi connectivity index (χ0v) is 7.61. The maximum Gasteiger partial charge on any atom is 0 e. The highest BCUT2D eigenvalue weighted by Gasteiger charge is 2.08. The van der Waals surface area contributed by atoms with Crippen LogP contribution in [0.15, 0.2) is 0 Å². The molecule has 0 aliphatic carbocycles. The minimum Gasteiger partial charge on any atom is -0.316 e. The summed E-state index contributed by atoms with van der Waals surface area (Å²) in [4.78, 5) is 0. The van der Waals surface area contributed by atoms with E-state index in [1.165, 1.54) is 32.4 Å². The van der Waals surface area contributed by atoms with Crippen LogP contribution in [0.5, 0.6) is 0 Å². The molecule has 1 heteroatoms. The first kappa shape index (κ1) is 13.5. The van der Waals surface area contributed by atoms with Crippen molar-refractivity contribution in [2.75, 3.05) is 13.1 Å². The van der Waals surface area contributed by atoms with E-state index in [0.29, 0.717) is 0 Å². The molecule has 1 N–H and O–H groups in total. The summed E-state index contributed by atoms with van der Waals surface area (Å²) in [6.07, 6.45) is 4.19. The molecule has 1 heterocycles. The average molecular weight is 161 g/mol. The smallest absolute Gasteiger partial charge is 0 e. The predicted octanol–water partition coefficient (Wildman–Crippen LogP) is 3.30. The van der Waals surface area contributed by atoms with Crippen LogP contribution in [0.2, 0.25) is 0 Å². The van der Waals surface area contributed by atoms with Crippen LogP contribution >= 0.6 is 0 Å². The van der Waals surface area contributed by atoms with Crippen molar-refractivity contribution in [1.82, 2.24) is 5.32 Å². The first-order valence-electron chi connectivity index (χ1n) is 4.64. The molecule has 0 aromatic heterocycles. The van der Waals surface area contributed by atoms with Crippen LogP contribution in [0, 0.1) is 5.92 Å². The summed E-state index contributed by atoms with van der Waals surface area (Å²) in [5, 5.41) is 3.39. The third-order valence-corrected chi connectivity index (χ3v) is 1.98. The van der Waals surface area contributed by atoms with Gasteiger partial charge in [-0.1, -0.05) is 34.6 Å². The van der Waals surface area contributed by atoms with Gasteiger partial charge < -0.3 is 5.32 Å². The van der Waals surface area contributed by atoms with Crippen LogP contribution in [-0.4, -0.2) is 13.1 Å². The fourth-order valence-corrected chi connectivity index (χ4v) is 1.27. The Morgan fingerprint density at radius 2 is 2.09 bits per heavy atom. The standard InChI is InChI=1S/C7H15N.C2H6.CH4.H2/c1-2-7-4-3-5-8-6-7;1-2;;/h7-8H,2-6H2,1H3;1-2H3;1H4;1H. The maximum atomic E-state index is 3.39. The van der Waals surface area contributed by atoms with Gasteiger partial charge in [-0.3, -0.25) is 0 Å². The number of hydrogen-bond acceptors (Lipinski definition) is 1. The molecule has 1 fully saturated rings. The van der Waals surface area contributed by atoms with Gasteiger partial charge in [-0.05, 0) is 31.8 Å². The lowest BCUT2D eigenvalue weighted by Crippen LogP contribution is -2.29. The summed E-state index contributed by atoms with van der Waals surface area (Å²) in [5.41, 5.74) is 0. The van der Waals surface area contributed by atoms with Crippen molar-refractivity contribution < 1.29 is 1.43 Å². The van der Waals surface area contributed by atoms with Crippen molar-refractivity contribution >= 4 is 0 Å². The van der Waals surface area contributed by atoms with Gasteiger partial charge in [0.25, 0.3) is 0 Å². The summed E-state index contributed by atoms with van der Waals surface area (Å²) in [6, 6.07) is 0. The van der Waals surface area contributed by atoms with E-state index in [1.54, 1.807) is 0 Å². The van der Waals surface area contributed by atoms with Crippen LogP contribution in [0.25, 0.3) is 0 Å². The lowest BCUT2D eigenvalue weighted by Gasteiger charge is -2.20. The SMILES string of the molecule is C.CC.CCC1CCCNC1.[HH]. The average Bonchev–Trinajstić information content (AvgIpc) is 2.10. The van der Waals surface area contributed by atoms with Gasteiger partial charge in [0.05, 0.1) is 0 Å². The van der Waals surface area contributed by atoms with Crippen LogP contribution in [0.4, 0.5) is 0 Å². The summed E-state index contributed by atoms with van der Waals surface area (Å²) in [6.45, 7) is 8.78. The Morgan fingerprint density at radius 3 is 2.36 bits per heavy atom. The van der Waals surface area contributed by atoms with Gasteiger partial charge in [0.1, 0.15) is 0 Å². The molecule has 0 radical (unpaired) electrons. The Labute approximate surface area is 74.1 Å². The molecule has 11 heavy (non-hydrogen) atoms. The molecule has 1 rings (SSSR count). The molecule has 1 aliphatic heterocycles. The third kappa shape index (κ3) is 6.36. The van der Waals surface area contributed by atoms with Crippen molar-refractivity contribution in [3.8, 4) is 0 Å². The van der Waals surface area contributed by atoms with Crippen LogP contribution in [-0.2, 0) is 0 Å². The maximum absolute atomic E-state index is 3.39. The molecule has 1 aliphatic rings. The fourth-order valence-electron chi connectivity index (χ4n) is 1.27. The van der Waals surface area contributed by atoms with E-state index in [-0.39, 0.29) is 8.85 Å². The summed E-state index contributed by atoms with van der Waals surface area (Å²) in [7, 11) is 0. The molecular weight excluding hydrogens is 134 g/mol. The first-order chi connectivity index (χ1) is 4.93. The lowest BCUT2D eigenvalue weighted by molar-refractivity contribution is 0.369. The van der Waals surface area contributed by atoms with Crippen LogP contribution in [0.3, 0.4) is 0 Å². The van der Waals surface area contributed by atoms with Gasteiger partial charge in [-0.2, -0.15) is 0 Å². The molecule has 0 saturated carbocycles. The van der Waals surface area contributed by atoms with E-state index in [2.05, 4.69) is 12.2 Å². The normalized spacial score (nSPS) is 22.6. The Morgan fingerprint density at radius 1 is 1.45 bits per heavy atom. The molecule has 0 spiro atoms. The zero-order chi connectivity index (χ0) is 7.82. The summed E-state index contributed by atoms with van der Waals surface area (Å²) in [5.74, 6) is 0.976. The molecule has 1 nitrogen and oxygen atoms in total. The van der Waals surface area contributed by atoms with E-state index in [4.69, 9.17) is 0 Å². The largest absolute Gasteiger partial charge is 0.316 e. The number of nitrogens with one attached hydrogen (secondary N) is 1. The molecule has 0 aromatic rings. The van der Waals surface area contributed by atoms with Crippen molar-refractivity contribution in [2.45, 2.75) is 47.5 Å². The molecule has 0 aromatic carbocycles. The van der Waals surface area contributed by atoms with E-state index in [9.17, 15) is 0 Å². The third-order valence-electron chi connectivity index (χ3n) is 1.98. The molecule has 1 atom stereocenters. The minimum atomic E-state index is 0. The number of piperidine rings is 1. The quantitative estimate of drug-likeness (QED) is 0.622. The van der Waals surface area contributed by atoms with Gasteiger partial charge >= 0.3 is 0 Å². The Bertz CT molecular complexity index is 60.9. The summed E-state index contributed by atoms with van der Waals surface area (Å²) < 4.78 is 0. The van der Waals surface area contributed by atoms with Crippen molar-refractivity contribution in [3.05, 3.63) is 0 Å². The van der Waals surface area contributed by atoms with Crippen LogP contribution < -0.4 is 5.32 Å². The van der Waals surface area contributed by atoms with Gasteiger partial charge in [0.15, 0.2) is 0 Å². The number of hydrogen-bond donors (Lipinski definition) is 1. The molecular formula is C10H27N. The topological polar surface area (TPSA) is 12.0 Å². The van der Waals surface area contributed by atoms with E-state index >= 15 is 0 Å². The first-order valence-corrected chi connectivity index (χ1v) is 4.64. The molecule has 0 amide bonds. The van der Waals surface area contributed by atoms with Crippen molar-refractivity contribution in [2.24, 2.45) is 5.92 Å². The molecule has 1 saturated heterocycles. The van der Waals surface area contributed by atoms with E-state index < -0.39 is 0 Å². The molecule has 1 unspecified atom stereocenters. The van der Waals surface area contributed by atoms with Gasteiger partial charge in [-0.25, -0.2) is 0 Å². The summed E-state index contributed by atoms with van der Waals surface area (Å²) >= 11 is 0. The predicted molar refractivity (Wildman–Crippen MR) is 56.1 cm³/mol. The minimum absolute atomic E-state index is 0. The van der Waals surface area contributed by atoms with Gasteiger partial charge in [-0.15, -0.1) is 0 Å². The van der Waals surface area contributed by atoms with Crippen molar-refractivity contribution in [3.63, 3.8) is 0 Å². The monoisotopic (exact) mass is 161 g/mol. The van der Waals surface area contributed by atoms with Gasteiger partial charge in [0.2, 0.25) is 0 Å². The van der Waals surface area contributed by atoms with E-state index in [0.717, 1.165) is 5.92 Å². The van der Waals surface area contributed by atoms with E-state index in [1.807, 2.05) is 13.8 Å². The highest BCUT2D eigenvalue weighted by molar-refractivity contribution is 4.66. The van der Waals surface area contributed by atoms with Gasteiger partial charge in [0, 0.05) is 1.43 Å². The Kier molecular flexibility index (Phi) is 12.3. The Balaban J connectivity index is -0.000000189. The molecule has 72 valence electrons.